The molecule has 0 saturated heterocycles. The smallest absolute Gasteiger partial charge is 0.337 e. The first-order valence-electron chi connectivity index (χ1n) is 6.79. The first-order valence-corrected chi connectivity index (χ1v) is 7.20. The third-order valence-corrected chi connectivity index (χ3v) is 3.92. The summed E-state index contributed by atoms with van der Waals surface area (Å²) in [5.41, 5.74) is 5.83. The molecule has 1 aromatic rings. The van der Waals surface area contributed by atoms with E-state index >= 15 is 0 Å². The molecule has 1 aromatic carbocycles. The van der Waals surface area contributed by atoms with Gasteiger partial charge in [0.1, 0.15) is 0 Å². The van der Waals surface area contributed by atoms with Crippen LogP contribution < -0.4 is 10.6 Å². The minimum atomic E-state index is -0.348. The van der Waals surface area contributed by atoms with E-state index in [2.05, 4.69) is 29.7 Å². The fourth-order valence-corrected chi connectivity index (χ4v) is 3.21. The van der Waals surface area contributed by atoms with Gasteiger partial charge in [-0.1, -0.05) is 17.7 Å². The van der Waals surface area contributed by atoms with E-state index in [9.17, 15) is 4.79 Å². The van der Waals surface area contributed by atoms with Crippen molar-refractivity contribution in [1.82, 2.24) is 10.6 Å². The van der Waals surface area contributed by atoms with Gasteiger partial charge < -0.3 is 15.4 Å². The standard InChI is InChI=1S/C16H20N2O2S/c1-8-6-9(2)12(10(3)7-8)14-13(15(19)20-5)11(4)17-16(21)18-14/h6-7,14H,1-5H3,(H2,17,18,21)/t14-/m1/s1. The number of allylic oxidation sites excluding steroid dienone is 1. The average molecular weight is 304 g/mol. The highest BCUT2D eigenvalue weighted by atomic mass is 32.1. The zero-order valence-electron chi connectivity index (χ0n) is 13.0. The molecule has 0 radical (unpaired) electrons. The molecule has 0 unspecified atom stereocenters. The van der Waals surface area contributed by atoms with E-state index in [-0.39, 0.29) is 12.0 Å². The van der Waals surface area contributed by atoms with Gasteiger partial charge in [0.25, 0.3) is 0 Å². The molecular weight excluding hydrogens is 284 g/mol. The topological polar surface area (TPSA) is 50.4 Å². The Morgan fingerprint density at radius 2 is 1.76 bits per heavy atom. The lowest BCUT2D eigenvalue weighted by Gasteiger charge is -2.31. The number of carbonyl (C=O) groups excluding carboxylic acids is 1. The largest absolute Gasteiger partial charge is 0.466 e. The van der Waals surface area contributed by atoms with Crippen LogP contribution >= 0.6 is 12.2 Å². The molecule has 2 N–H and O–H groups in total. The molecule has 0 amide bonds. The summed E-state index contributed by atoms with van der Waals surface area (Å²) in [6.45, 7) is 8.00. The zero-order valence-corrected chi connectivity index (χ0v) is 13.8. The van der Waals surface area contributed by atoms with E-state index in [1.54, 1.807) is 0 Å². The van der Waals surface area contributed by atoms with Crippen LogP contribution in [-0.2, 0) is 9.53 Å². The van der Waals surface area contributed by atoms with Crippen LogP contribution in [0.25, 0.3) is 0 Å². The number of hydrogen-bond donors (Lipinski definition) is 2. The summed E-state index contributed by atoms with van der Waals surface area (Å²) in [5, 5.41) is 6.70. The minimum Gasteiger partial charge on any atom is -0.466 e. The van der Waals surface area contributed by atoms with Gasteiger partial charge in [0.2, 0.25) is 0 Å². The van der Waals surface area contributed by atoms with E-state index in [1.165, 1.54) is 12.7 Å². The van der Waals surface area contributed by atoms with Crippen molar-refractivity contribution < 1.29 is 9.53 Å². The Labute approximate surface area is 130 Å². The molecule has 1 aliphatic heterocycles. The average Bonchev–Trinajstić information content (AvgIpc) is 2.36. The Kier molecular flexibility index (Phi) is 4.32. The van der Waals surface area contributed by atoms with Crippen LogP contribution in [-0.4, -0.2) is 18.2 Å². The number of aryl methyl sites for hydroxylation is 3. The fourth-order valence-electron chi connectivity index (χ4n) is 2.94. The van der Waals surface area contributed by atoms with Gasteiger partial charge in [-0.2, -0.15) is 0 Å². The quantitative estimate of drug-likeness (QED) is 0.650. The predicted octanol–water partition coefficient (Wildman–Crippen LogP) is 2.58. The van der Waals surface area contributed by atoms with Gasteiger partial charge in [-0.3, -0.25) is 0 Å². The molecule has 21 heavy (non-hydrogen) atoms. The summed E-state index contributed by atoms with van der Waals surface area (Å²) >= 11 is 5.24. The number of esters is 1. The zero-order chi connectivity index (χ0) is 15.7. The maximum atomic E-state index is 12.2. The number of carbonyl (C=O) groups is 1. The Morgan fingerprint density at radius 1 is 1.19 bits per heavy atom. The molecule has 1 atom stereocenters. The van der Waals surface area contributed by atoms with Gasteiger partial charge in [0.05, 0.1) is 18.7 Å². The maximum absolute atomic E-state index is 12.2. The van der Waals surface area contributed by atoms with Crippen LogP contribution in [0.15, 0.2) is 23.4 Å². The van der Waals surface area contributed by atoms with Crippen LogP contribution in [0.1, 0.15) is 35.2 Å². The number of hydrogen-bond acceptors (Lipinski definition) is 3. The van der Waals surface area contributed by atoms with Crippen LogP contribution in [0.3, 0.4) is 0 Å². The van der Waals surface area contributed by atoms with Crippen molar-refractivity contribution in [3.8, 4) is 0 Å². The number of ether oxygens (including phenoxy) is 1. The van der Waals surface area contributed by atoms with Crippen LogP contribution in [0.5, 0.6) is 0 Å². The second-order valence-electron chi connectivity index (χ2n) is 5.37. The third-order valence-electron chi connectivity index (χ3n) is 3.70. The van der Waals surface area contributed by atoms with Gasteiger partial charge in [0.15, 0.2) is 5.11 Å². The first kappa shape index (κ1) is 15.5. The highest BCUT2D eigenvalue weighted by molar-refractivity contribution is 7.80. The van der Waals surface area contributed by atoms with Crippen molar-refractivity contribution in [2.75, 3.05) is 7.11 Å². The summed E-state index contributed by atoms with van der Waals surface area (Å²) in [6, 6.07) is 3.94. The number of methoxy groups -OCH3 is 1. The van der Waals surface area contributed by atoms with Gasteiger partial charge in [-0.15, -0.1) is 0 Å². The van der Waals surface area contributed by atoms with E-state index in [1.807, 2.05) is 20.8 Å². The second kappa shape index (κ2) is 5.85. The normalized spacial score (nSPS) is 18.1. The molecule has 0 aliphatic carbocycles. The maximum Gasteiger partial charge on any atom is 0.337 e. The molecule has 0 saturated carbocycles. The predicted molar refractivity (Wildman–Crippen MR) is 87.0 cm³/mol. The number of thiocarbonyl (C=S) groups is 1. The molecule has 1 heterocycles. The Morgan fingerprint density at radius 3 is 2.29 bits per heavy atom. The van der Waals surface area contributed by atoms with Gasteiger partial charge >= 0.3 is 5.97 Å². The first-order chi connectivity index (χ1) is 9.85. The summed E-state index contributed by atoms with van der Waals surface area (Å²) in [5.74, 6) is -0.348. The minimum absolute atomic E-state index is 0.285. The van der Waals surface area contributed by atoms with E-state index < -0.39 is 0 Å². The molecular formula is C16H20N2O2S. The molecule has 1 aliphatic rings. The molecule has 0 bridgehead atoms. The van der Waals surface area contributed by atoms with E-state index in [0.717, 1.165) is 22.4 Å². The summed E-state index contributed by atoms with van der Waals surface area (Å²) < 4.78 is 4.93. The lowest BCUT2D eigenvalue weighted by atomic mass is 9.88. The third kappa shape index (κ3) is 2.93. The van der Waals surface area contributed by atoms with Crippen molar-refractivity contribution >= 4 is 23.3 Å². The molecule has 0 aromatic heterocycles. The number of benzene rings is 1. The Bertz CT molecular complexity index is 627. The van der Waals surface area contributed by atoms with Crippen LogP contribution in [0, 0.1) is 20.8 Å². The Hall–Kier alpha value is -1.88. The van der Waals surface area contributed by atoms with Crippen molar-refractivity contribution in [3.05, 3.63) is 45.7 Å². The van der Waals surface area contributed by atoms with Gasteiger partial charge in [0, 0.05) is 5.70 Å². The molecule has 0 fully saturated rings. The summed E-state index contributed by atoms with van der Waals surface area (Å²) in [4.78, 5) is 12.2. The number of rotatable bonds is 2. The Balaban J connectivity index is 2.62. The number of nitrogens with one attached hydrogen (secondary N) is 2. The van der Waals surface area contributed by atoms with E-state index in [0.29, 0.717) is 10.7 Å². The van der Waals surface area contributed by atoms with Crippen molar-refractivity contribution in [3.63, 3.8) is 0 Å². The molecule has 4 nitrogen and oxygen atoms in total. The van der Waals surface area contributed by atoms with Gasteiger partial charge in [-0.25, -0.2) is 4.79 Å². The summed E-state index contributed by atoms with van der Waals surface area (Å²) in [6.07, 6.45) is 0. The highest BCUT2D eigenvalue weighted by Crippen LogP contribution is 2.32. The van der Waals surface area contributed by atoms with Crippen molar-refractivity contribution in [2.45, 2.75) is 33.7 Å². The lowest BCUT2D eigenvalue weighted by Crippen LogP contribution is -2.45. The monoisotopic (exact) mass is 304 g/mol. The molecule has 112 valence electrons. The van der Waals surface area contributed by atoms with E-state index in [4.69, 9.17) is 17.0 Å². The SMILES string of the molecule is COC(=O)C1=C(C)NC(=S)N[C@@H]1c1c(C)cc(C)cc1C. The second-order valence-corrected chi connectivity index (χ2v) is 5.78. The molecule has 2 rings (SSSR count). The fraction of sp³-hybridized carbons (Fsp3) is 0.375. The summed E-state index contributed by atoms with van der Waals surface area (Å²) in [7, 11) is 1.39. The van der Waals surface area contributed by atoms with Crippen molar-refractivity contribution in [1.29, 1.82) is 0 Å². The van der Waals surface area contributed by atoms with Crippen molar-refractivity contribution in [2.24, 2.45) is 0 Å². The van der Waals surface area contributed by atoms with Crippen LogP contribution in [0.4, 0.5) is 0 Å². The van der Waals surface area contributed by atoms with Crippen LogP contribution in [0.2, 0.25) is 0 Å². The molecule has 5 heteroatoms. The lowest BCUT2D eigenvalue weighted by molar-refractivity contribution is -0.136. The highest BCUT2D eigenvalue weighted by Gasteiger charge is 2.32. The molecule has 0 spiro atoms. The van der Waals surface area contributed by atoms with Gasteiger partial charge in [-0.05, 0) is 56.6 Å².